The Morgan fingerprint density at radius 2 is 1.79 bits per heavy atom. The Hall–Kier alpha value is -2.04. The number of fused-ring (bicyclic) bond motifs is 1. The third-order valence-electron chi connectivity index (χ3n) is 2.97. The summed E-state index contributed by atoms with van der Waals surface area (Å²) in [7, 11) is 1.31. The predicted octanol–water partition coefficient (Wildman–Crippen LogP) is 1.90. The first kappa shape index (κ1) is 13.4. The van der Waals surface area contributed by atoms with Gasteiger partial charge in [-0.15, -0.1) is 0 Å². The molecule has 1 aliphatic rings. The highest BCUT2D eigenvalue weighted by Gasteiger charge is 2.18. The standard InChI is InChI=1S/C14H16O5/c1-9-7-12-13(19-6-5-18-12)8-10(9)11(15)3-4-14(16)17-2/h7-8H,3-6H2,1-2H3. The zero-order valence-corrected chi connectivity index (χ0v) is 11.0. The number of aryl methyl sites for hydroxylation is 1. The minimum atomic E-state index is -0.386. The number of benzene rings is 1. The molecular weight excluding hydrogens is 248 g/mol. The van der Waals surface area contributed by atoms with Crippen LogP contribution in [0.1, 0.15) is 28.8 Å². The van der Waals surface area contributed by atoms with Gasteiger partial charge >= 0.3 is 5.97 Å². The molecule has 0 radical (unpaired) electrons. The molecular formula is C14H16O5. The lowest BCUT2D eigenvalue weighted by Crippen LogP contribution is -2.16. The van der Waals surface area contributed by atoms with Gasteiger partial charge in [0.25, 0.3) is 0 Å². The minimum absolute atomic E-state index is 0.0865. The molecule has 1 aromatic rings. The van der Waals surface area contributed by atoms with Crippen LogP contribution in [0.5, 0.6) is 11.5 Å². The van der Waals surface area contributed by atoms with Gasteiger partial charge in [-0.2, -0.15) is 0 Å². The highest BCUT2D eigenvalue weighted by molar-refractivity contribution is 5.99. The third kappa shape index (κ3) is 3.05. The maximum atomic E-state index is 12.1. The molecule has 0 aromatic heterocycles. The molecule has 5 nitrogen and oxygen atoms in total. The first-order valence-corrected chi connectivity index (χ1v) is 6.12. The Morgan fingerprint density at radius 3 is 2.42 bits per heavy atom. The molecule has 0 saturated carbocycles. The number of ketones is 1. The molecule has 0 atom stereocenters. The van der Waals surface area contributed by atoms with E-state index in [4.69, 9.17) is 9.47 Å². The summed E-state index contributed by atoms with van der Waals surface area (Å²) in [6.45, 7) is 2.83. The topological polar surface area (TPSA) is 61.8 Å². The number of carbonyl (C=O) groups excluding carboxylic acids is 2. The van der Waals surface area contributed by atoms with Crippen molar-refractivity contribution in [3.63, 3.8) is 0 Å². The maximum Gasteiger partial charge on any atom is 0.305 e. The van der Waals surface area contributed by atoms with E-state index in [-0.39, 0.29) is 24.6 Å². The van der Waals surface area contributed by atoms with Gasteiger partial charge in [-0.3, -0.25) is 9.59 Å². The zero-order valence-electron chi connectivity index (χ0n) is 11.0. The van der Waals surface area contributed by atoms with E-state index < -0.39 is 0 Å². The second kappa shape index (κ2) is 5.73. The molecule has 0 spiro atoms. The average Bonchev–Trinajstić information content (AvgIpc) is 2.43. The van der Waals surface area contributed by atoms with Crippen molar-refractivity contribution in [2.75, 3.05) is 20.3 Å². The van der Waals surface area contributed by atoms with Gasteiger partial charge in [0.2, 0.25) is 0 Å². The molecule has 0 unspecified atom stereocenters. The molecule has 1 heterocycles. The maximum absolute atomic E-state index is 12.1. The van der Waals surface area contributed by atoms with Crippen LogP contribution in [0.2, 0.25) is 0 Å². The van der Waals surface area contributed by atoms with Crippen LogP contribution in [0.15, 0.2) is 12.1 Å². The van der Waals surface area contributed by atoms with Crippen molar-refractivity contribution < 1.29 is 23.8 Å². The molecule has 19 heavy (non-hydrogen) atoms. The summed E-state index contributed by atoms with van der Waals surface area (Å²) in [5.41, 5.74) is 1.38. The minimum Gasteiger partial charge on any atom is -0.486 e. The Bertz CT molecular complexity index is 507. The van der Waals surface area contributed by atoms with E-state index in [1.165, 1.54) is 7.11 Å². The van der Waals surface area contributed by atoms with E-state index >= 15 is 0 Å². The number of methoxy groups -OCH3 is 1. The van der Waals surface area contributed by atoms with Gasteiger partial charge in [-0.05, 0) is 24.6 Å². The third-order valence-corrected chi connectivity index (χ3v) is 2.97. The van der Waals surface area contributed by atoms with Crippen molar-refractivity contribution in [1.29, 1.82) is 0 Å². The number of hydrogen-bond acceptors (Lipinski definition) is 5. The molecule has 1 aromatic carbocycles. The predicted molar refractivity (Wildman–Crippen MR) is 67.7 cm³/mol. The quantitative estimate of drug-likeness (QED) is 0.614. The van der Waals surface area contributed by atoms with Gasteiger partial charge < -0.3 is 14.2 Å². The van der Waals surface area contributed by atoms with Gasteiger partial charge in [0.15, 0.2) is 17.3 Å². The molecule has 0 aliphatic carbocycles. The smallest absolute Gasteiger partial charge is 0.305 e. The van der Waals surface area contributed by atoms with Crippen molar-refractivity contribution >= 4 is 11.8 Å². The van der Waals surface area contributed by atoms with E-state index in [0.717, 1.165) is 5.56 Å². The molecule has 0 N–H and O–H groups in total. The fourth-order valence-corrected chi connectivity index (χ4v) is 1.94. The first-order valence-electron chi connectivity index (χ1n) is 6.12. The molecule has 0 saturated heterocycles. The van der Waals surface area contributed by atoms with Gasteiger partial charge in [-0.25, -0.2) is 0 Å². The lowest BCUT2D eigenvalue weighted by atomic mass is 10.0. The number of ether oxygens (including phenoxy) is 3. The summed E-state index contributed by atoms with van der Waals surface area (Å²) in [6.07, 6.45) is 0.219. The lowest BCUT2D eigenvalue weighted by molar-refractivity contribution is -0.140. The van der Waals surface area contributed by atoms with Crippen LogP contribution in [0.4, 0.5) is 0 Å². The van der Waals surface area contributed by atoms with Gasteiger partial charge in [0.05, 0.1) is 13.5 Å². The molecule has 2 rings (SSSR count). The van der Waals surface area contributed by atoms with Crippen molar-refractivity contribution in [3.05, 3.63) is 23.3 Å². The summed E-state index contributed by atoms with van der Waals surface area (Å²) in [4.78, 5) is 23.1. The zero-order chi connectivity index (χ0) is 13.8. The molecule has 0 amide bonds. The van der Waals surface area contributed by atoms with Crippen LogP contribution >= 0.6 is 0 Å². The van der Waals surface area contributed by atoms with E-state index in [1.807, 2.05) is 6.92 Å². The fraction of sp³-hybridized carbons (Fsp3) is 0.429. The number of esters is 1. The monoisotopic (exact) mass is 264 g/mol. The second-order valence-electron chi connectivity index (χ2n) is 4.31. The first-order chi connectivity index (χ1) is 9.11. The van der Waals surface area contributed by atoms with E-state index in [0.29, 0.717) is 30.3 Å². The summed E-state index contributed by atoms with van der Waals surface area (Å²) < 4.78 is 15.4. The summed E-state index contributed by atoms with van der Waals surface area (Å²) in [6, 6.07) is 3.48. The van der Waals surface area contributed by atoms with E-state index in [1.54, 1.807) is 12.1 Å². The molecule has 5 heteroatoms. The van der Waals surface area contributed by atoms with Gasteiger partial charge in [-0.1, -0.05) is 0 Å². The van der Waals surface area contributed by atoms with Crippen LogP contribution in [-0.2, 0) is 9.53 Å². The number of Topliss-reactive ketones (excluding diaryl/α,β-unsaturated/α-hetero) is 1. The average molecular weight is 264 g/mol. The fourth-order valence-electron chi connectivity index (χ4n) is 1.94. The van der Waals surface area contributed by atoms with Crippen LogP contribution in [-0.4, -0.2) is 32.1 Å². The normalized spacial score (nSPS) is 12.9. The van der Waals surface area contributed by atoms with Crippen molar-refractivity contribution in [3.8, 4) is 11.5 Å². The van der Waals surface area contributed by atoms with Gasteiger partial charge in [0, 0.05) is 12.0 Å². The van der Waals surface area contributed by atoms with Crippen LogP contribution in [0.25, 0.3) is 0 Å². The van der Waals surface area contributed by atoms with E-state index in [2.05, 4.69) is 4.74 Å². The van der Waals surface area contributed by atoms with Crippen LogP contribution in [0.3, 0.4) is 0 Å². The van der Waals surface area contributed by atoms with Crippen molar-refractivity contribution in [1.82, 2.24) is 0 Å². The van der Waals surface area contributed by atoms with Crippen molar-refractivity contribution in [2.24, 2.45) is 0 Å². The number of carbonyl (C=O) groups is 2. The molecule has 0 bridgehead atoms. The largest absolute Gasteiger partial charge is 0.486 e. The number of rotatable bonds is 4. The Labute approximate surface area is 111 Å². The highest BCUT2D eigenvalue weighted by atomic mass is 16.6. The van der Waals surface area contributed by atoms with Gasteiger partial charge in [0.1, 0.15) is 13.2 Å². The molecule has 0 fully saturated rings. The van der Waals surface area contributed by atoms with Crippen molar-refractivity contribution in [2.45, 2.75) is 19.8 Å². The molecule has 1 aliphatic heterocycles. The SMILES string of the molecule is COC(=O)CCC(=O)c1cc2c(cc1C)OCCO2. The second-order valence-corrected chi connectivity index (χ2v) is 4.31. The Morgan fingerprint density at radius 1 is 1.16 bits per heavy atom. The summed E-state index contributed by atoms with van der Waals surface area (Å²) in [5.74, 6) is 0.759. The summed E-state index contributed by atoms with van der Waals surface area (Å²) in [5, 5.41) is 0. The number of hydrogen-bond donors (Lipinski definition) is 0. The Kier molecular flexibility index (Phi) is 4.04. The summed E-state index contributed by atoms with van der Waals surface area (Å²) >= 11 is 0. The Balaban J connectivity index is 2.15. The van der Waals surface area contributed by atoms with Crippen LogP contribution < -0.4 is 9.47 Å². The van der Waals surface area contributed by atoms with E-state index in [9.17, 15) is 9.59 Å². The highest BCUT2D eigenvalue weighted by Crippen LogP contribution is 2.33. The molecule has 102 valence electrons. The lowest BCUT2D eigenvalue weighted by Gasteiger charge is -2.20. The van der Waals surface area contributed by atoms with Crippen LogP contribution in [0, 0.1) is 6.92 Å².